The van der Waals surface area contributed by atoms with Crippen LogP contribution >= 0.6 is 11.8 Å². The Balaban J connectivity index is 2.66. The molecule has 0 fully saturated rings. The van der Waals surface area contributed by atoms with E-state index in [0.29, 0.717) is 35.4 Å². The minimum atomic E-state index is -1.04. The van der Waals surface area contributed by atoms with E-state index in [1.54, 1.807) is 61.7 Å². The first kappa shape index (κ1) is 32.8. The number of amides is 3. The number of anilines is 1. The van der Waals surface area contributed by atoms with Gasteiger partial charge < -0.3 is 20.3 Å². The van der Waals surface area contributed by atoms with Crippen LogP contribution in [0.4, 0.5) is 10.5 Å². The van der Waals surface area contributed by atoms with Gasteiger partial charge in [-0.15, -0.1) is 6.42 Å². The van der Waals surface area contributed by atoms with E-state index in [9.17, 15) is 14.4 Å². The Morgan fingerprint density at radius 3 is 2.25 bits per heavy atom. The van der Waals surface area contributed by atoms with Gasteiger partial charge in [0.15, 0.2) is 0 Å². The molecule has 0 heterocycles. The van der Waals surface area contributed by atoms with E-state index in [1.807, 2.05) is 52.1 Å². The van der Waals surface area contributed by atoms with Crippen LogP contribution in [0.2, 0.25) is 0 Å². The number of hydrogen-bond acceptors (Lipinski definition) is 5. The average molecular weight is 566 g/mol. The molecule has 2 N–H and O–H groups in total. The van der Waals surface area contributed by atoms with Crippen molar-refractivity contribution >= 4 is 35.4 Å². The highest BCUT2D eigenvalue weighted by molar-refractivity contribution is 7.98. The zero-order chi connectivity index (χ0) is 30.0. The number of hydrogen-bond donors (Lipinski definition) is 2. The number of rotatable bonds is 11. The summed E-state index contributed by atoms with van der Waals surface area (Å²) in [5.41, 5.74) is 2.84. The predicted molar refractivity (Wildman–Crippen MR) is 164 cm³/mol. The van der Waals surface area contributed by atoms with Crippen molar-refractivity contribution in [2.45, 2.75) is 85.0 Å². The van der Waals surface area contributed by atoms with Crippen molar-refractivity contribution in [3.63, 3.8) is 0 Å². The zero-order valence-corrected chi connectivity index (χ0v) is 25.8. The van der Waals surface area contributed by atoms with E-state index in [4.69, 9.17) is 11.2 Å². The van der Waals surface area contributed by atoms with Crippen LogP contribution < -0.4 is 10.6 Å². The number of thioether (sulfide) groups is 1. The Bertz CT molecular complexity index is 1210. The second-order valence-electron chi connectivity index (χ2n) is 10.9. The molecular formula is C32H43N3O4S. The van der Waals surface area contributed by atoms with Crippen molar-refractivity contribution in [1.29, 1.82) is 0 Å². The van der Waals surface area contributed by atoms with Gasteiger partial charge >= 0.3 is 6.09 Å². The van der Waals surface area contributed by atoms with Crippen LogP contribution in [0, 0.1) is 26.2 Å². The molecule has 0 aliphatic heterocycles. The van der Waals surface area contributed by atoms with Gasteiger partial charge in [0.1, 0.15) is 17.7 Å². The summed E-state index contributed by atoms with van der Waals surface area (Å²) in [6.07, 6.45) is 8.07. The SMILES string of the molecule is C#Cc1ccccc1C(C(=O)Nc1c(C)cccc1C)N(C(=O)C(CCSC)NC(=O)OC(C)(C)C)C(C)CC. The van der Waals surface area contributed by atoms with E-state index < -0.39 is 23.8 Å². The summed E-state index contributed by atoms with van der Waals surface area (Å²) in [5, 5.41) is 5.85. The van der Waals surface area contributed by atoms with Gasteiger partial charge in [-0.05, 0) is 89.1 Å². The molecule has 3 atom stereocenters. The summed E-state index contributed by atoms with van der Waals surface area (Å²) in [4.78, 5) is 42.9. The topological polar surface area (TPSA) is 87.7 Å². The summed E-state index contributed by atoms with van der Waals surface area (Å²) in [7, 11) is 0. The van der Waals surface area contributed by atoms with Crippen molar-refractivity contribution in [3.05, 3.63) is 64.7 Å². The maximum absolute atomic E-state index is 14.4. The molecule has 8 heteroatoms. The summed E-state index contributed by atoms with van der Waals surface area (Å²) in [6.45, 7) is 13.0. The quantitative estimate of drug-likeness (QED) is 0.315. The van der Waals surface area contributed by atoms with Gasteiger partial charge in [0.25, 0.3) is 5.91 Å². The summed E-state index contributed by atoms with van der Waals surface area (Å²) >= 11 is 1.57. The molecular weight excluding hydrogens is 522 g/mol. The largest absolute Gasteiger partial charge is 0.444 e. The van der Waals surface area contributed by atoms with E-state index >= 15 is 0 Å². The smallest absolute Gasteiger partial charge is 0.408 e. The fourth-order valence-corrected chi connectivity index (χ4v) is 4.88. The number of aryl methyl sites for hydroxylation is 2. The van der Waals surface area contributed by atoms with Crippen molar-refractivity contribution in [2.24, 2.45) is 0 Å². The molecule has 0 bridgehead atoms. The Morgan fingerprint density at radius 1 is 1.07 bits per heavy atom. The first-order valence-corrected chi connectivity index (χ1v) is 15.0. The fraction of sp³-hybridized carbons (Fsp3) is 0.469. The number of para-hydroxylation sites is 1. The molecule has 0 saturated heterocycles. The van der Waals surface area contributed by atoms with Crippen LogP contribution in [0.5, 0.6) is 0 Å². The molecule has 0 aromatic heterocycles. The van der Waals surface area contributed by atoms with Crippen molar-refractivity contribution < 1.29 is 19.1 Å². The number of carbonyl (C=O) groups is 3. The number of ether oxygens (including phenoxy) is 1. The molecule has 0 spiro atoms. The van der Waals surface area contributed by atoms with Crippen molar-refractivity contribution in [2.75, 3.05) is 17.3 Å². The molecule has 0 saturated carbocycles. The van der Waals surface area contributed by atoms with Gasteiger partial charge in [-0.1, -0.05) is 49.2 Å². The van der Waals surface area contributed by atoms with Gasteiger partial charge in [-0.3, -0.25) is 9.59 Å². The summed E-state index contributed by atoms with van der Waals surface area (Å²) in [6, 6.07) is 10.7. The molecule has 3 unspecified atom stereocenters. The highest BCUT2D eigenvalue weighted by Gasteiger charge is 2.39. The van der Waals surface area contributed by atoms with E-state index in [-0.39, 0.29) is 17.9 Å². The summed E-state index contributed by atoms with van der Waals surface area (Å²) in [5.74, 6) is 2.55. The maximum Gasteiger partial charge on any atom is 0.408 e. The molecule has 2 aromatic rings. The summed E-state index contributed by atoms with van der Waals surface area (Å²) < 4.78 is 5.47. The lowest BCUT2D eigenvalue weighted by Gasteiger charge is -2.38. The molecule has 0 radical (unpaired) electrons. The zero-order valence-electron chi connectivity index (χ0n) is 25.0. The lowest BCUT2D eigenvalue weighted by molar-refractivity contribution is -0.143. The van der Waals surface area contributed by atoms with Crippen LogP contribution in [0.3, 0.4) is 0 Å². The normalized spacial score (nSPS) is 13.4. The van der Waals surface area contributed by atoms with Gasteiger partial charge in [0.2, 0.25) is 5.91 Å². The number of alkyl carbamates (subject to hydrolysis) is 1. The molecule has 2 aromatic carbocycles. The molecule has 40 heavy (non-hydrogen) atoms. The average Bonchev–Trinajstić information content (AvgIpc) is 2.89. The third-order valence-electron chi connectivity index (χ3n) is 6.59. The van der Waals surface area contributed by atoms with Gasteiger partial charge in [-0.2, -0.15) is 11.8 Å². The van der Waals surface area contributed by atoms with Crippen molar-refractivity contribution in [1.82, 2.24) is 10.2 Å². The highest BCUT2D eigenvalue weighted by atomic mass is 32.2. The van der Waals surface area contributed by atoms with Gasteiger partial charge in [-0.25, -0.2) is 4.79 Å². The van der Waals surface area contributed by atoms with Gasteiger partial charge in [0.05, 0.1) is 0 Å². The predicted octanol–water partition coefficient (Wildman–Crippen LogP) is 6.24. The van der Waals surface area contributed by atoms with Crippen LogP contribution in [0.25, 0.3) is 0 Å². The number of benzene rings is 2. The maximum atomic E-state index is 14.4. The molecule has 7 nitrogen and oxygen atoms in total. The number of nitrogens with zero attached hydrogens (tertiary/aromatic N) is 1. The van der Waals surface area contributed by atoms with Gasteiger partial charge in [0, 0.05) is 17.3 Å². The first-order chi connectivity index (χ1) is 18.8. The van der Waals surface area contributed by atoms with E-state index in [2.05, 4.69) is 16.6 Å². The van der Waals surface area contributed by atoms with Crippen LogP contribution in [-0.2, 0) is 14.3 Å². The molecule has 0 aliphatic carbocycles. The molecule has 216 valence electrons. The lowest BCUT2D eigenvalue weighted by Crippen LogP contribution is -2.55. The Hall–Kier alpha value is -3.44. The lowest BCUT2D eigenvalue weighted by atomic mass is 9.95. The number of carbonyl (C=O) groups excluding carboxylic acids is 3. The van der Waals surface area contributed by atoms with Crippen LogP contribution in [-0.4, -0.2) is 52.5 Å². The van der Waals surface area contributed by atoms with Crippen LogP contribution in [0.1, 0.15) is 75.8 Å². The number of nitrogens with one attached hydrogen (secondary N) is 2. The minimum absolute atomic E-state index is 0.343. The third kappa shape index (κ3) is 8.79. The third-order valence-corrected chi connectivity index (χ3v) is 7.23. The second-order valence-corrected chi connectivity index (χ2v) is 11.9. The second kappa shape index (κ2) is 14.8. The Kier molecular flexibility index (Phi) is 12.1. The van der Waals surface area contributed by atoms with Crippen LogP contribution in [0.15, 0.2) is 42.5 Å². The monoisotopic (exact) mass is 565 g/mol. The van der Waals surface area contributed by atoms with E-state index in [1.165, 1.54) is 0 Å². The van der Waals surface area contributed by atoms with E-state index in [0.717, 1.165) is 11.1 Å². The fourth-order valence-electron chi connectivity index (χ4n) is 4.41. The minimum Gasteiger partial charge on any atom is -0.444 e. The van der Waals surface area contributed by atoms with Crippen molar-refractivity contribution in [3.8, 4) is 12.3 Å². The Morgan fingerprint density at radius 2 is 1.70 bits per heavy atom. The first-order valence-electron chi connectivity index (χ1n) is 13.6. The number of terminal acetylenes is 1. The Labute approximate surface area is 243 Å². The molecule has 0 aliphatic rings. The standard InChI is InChI=1S/C32H43N3O4S/c1-10-23(5)35(30(37)26(19-20-40-9)33-31(38)39-32(6,7)8)28(25-18-13-12-17-24(25)11-2)29(36)34-27-21(3)15-14-16-22(27)4/h2,12-18,23,26,28H,10,19-20H2,1,3-9H3,(H,33,38)(H,34,36). The highest BCUT2D eigenvalue weighted by Crippen LogP contribution is 2.31. The molecule has 2 rings (SSSR count). The molecule has 3 amide bonds.